The van der Waals surface area contributed by atoms with Gasteiger partial charge in [-0.25, -0.2) is 4.68 Å². The number of rotatable bonds is 4. The minimum atomic E-state index is -0.00504. The van der Waals surface area contributed by atoms with Gasteiger partial charge in [-0.1, -0.05) is 0 Å². The third-order valence-corrected chi connectivity index (χ3v) is 3.28. The minimum absolute atomic E-state index is 0.00504. The fourth-order valence-corrected chi connectivity index (χ4v) is 2.06. The smallest absolute Gasteiger partial charge is 0.127 e. The van der Waals surface area contributed by atoms with E-state index < -0.39 is 0 Å². The molecule has 0 aliphatic rings. The second-order valence-corrected chi connectivity index (χ2v) is 4.44. The predicted octanol–water partition coefficient (Wildman–Crippen LogP) is 2.40. The zero-order valence-electron chi connectivity index (χ0n) is 11.7. The fourth-order valence-electron chi connectivity index (χ4n) is 2.06. The monoisotopic (exact) mass is 261 g/mol. The van der Waals surface area contributed by atoms with E-state index in [2.05, 4.69) is 5.10 Å². The molecule has 1 unspecified atom stereocenters. The molecular weight excluding hydrogens is 242 g/mol. The van der Waals surface area contributed by atoms with Gasteiger partial charge >= 0.3 is 0 Å². The van der Waals surface area contributed by atoms with Crippen LogP contribution in [0.25, 0.3) is 0 Å². The molecule has 5 heteroatoms. The van der Waals surface area contributed by atoms with Gasteiger partial charge in [-0.2, -0.15) is 5.10 Å². The Morgan fingerprint density at radius 3 is 2.53 bits per heavy atom. The van der Waals surface area contributed by atoms with E-state index in [1.165, 1.54) is 0 Å². The number of benzene rings is 1. The Bertz CT molecular complexity index is 578. The van der Waals surface area contributed by atoms with Crippen LogP contribution in [0, 0.1) is 6.92 Å². The maximum atomic E-state index is 6.02. The van der Waals surface area contributed by atoms with Crippen molar-refractivity contribution in [2.45, 2.75) is 19.9 Å². The Labute approximate surface area is 112 Å². The Hall–Kier alpha value is -2.17. The summed E-state index contributed by atoms with van der Waals surface area (Å²) in [4.78, 5) is 0. The summed E-state index contributed by atoms with van der Waals surface area (Å²) in [6, 6.07) is 5.73. The van der Waals surface area contributed by atoms with Crippen LogP contribution in [0.5, 0.6) is 11.5 Å². The molecule has 0 radical (unpaired) electrons. The van der Waals surface area contributed by atoms with Crippen LogP contribution < -0.4 is 15.2 Å². The summed E-state index contributed by atoms with van der Waals surface area (Å²) in [5.74, 6) is 2.20. The topological polar surface area (TPSA) is 62.3 Å². The minimum Gasteiger partial charge on any atom is -0.497 e. The van der Waals surface area contributed by atoms with Crippen LogP contribution in [0.1, 0.15) is 24.1 Å². The van der Waals surface area contributed by atoms with Crippen LogP contribution in [0.2, 0.25) is 0 Å². The summed E-state index contributed by atoms with van der Waals surface area (Å²) in [5.41, 5.74) is 8.01. The lowest BCUT2D eigenvalue weighted by atomic mass is 10.1. The van der Waals surface area contributed by atoms with Gasteiger partial charge in [-0.3, -0.25) is 0 Å². The van der Waals surface area contributed by atoms with E-state index in [-0.39, 0.29) is 6.04 Å². The molecule has 0 saturated carbocycles. The molecule has 102 valence electrons. The first kappa shape index (κ1) is 13.3. The third-order valence-electron chi connectivity index (χ3n) is 3.28. The molecule has 0 fully saturated rings. The van der Waals surface area contributed by atoms with E-state index in [0.29, 0.717) is 5.82 Å². The third kappa shape index (κ3) is 2.36. The fraction of sp³-hybridized carbons (Fsp3) is 0.357. The van der Waals surface area contributed by atoms with Gasteiger partial charge in [0, 0.05) is 17.2 Å². The first-order valence-corrected chi connectivity index (χ1v) is 6.10. The number of ether oxygens (including phenoxy) is 2. The summed E-state index contributed by atoms with van der Waals surface area (Å²) in [6.07, 6.45) is 1.77. The molecule has 0 aliphatic carbocycles. The Morgan fingerprint density at radius 1 is 1.26 bits per heavy atom. The molecule has 0 spiro atoms. The SMILES string of the molecule is COc1ccc(C(C)n2ncc(C)c2N)c(OC)c1. The van der Waals surface area contributed by atoms with Gasteiger partial charge in [-0.15, -0.1) is 0 Å². The van der Waals surface area contributed by atoms with E-state index in [9.17, 15) is 0 Å². The molecule has 1 atom stereocenters. The molecule has 0 bridgehead atoms. The van der Waals surface area contributed by atoms with Gasteiger partial charge in [0.15, 0.2) is 0 Å². The van der Waals surface area contributed by atoms with Crippen LogP contribution in [0.4, 0.5) is 5.82 Å². The lowest BCUT2D eigenvalue weighted by molar-refractivity contribution is 0.385. The van der Waals surface area contributed by atoms with E-state index in [1.54, 1.807) is 25.1 Å². The van der Waals surface area contributed by atoms with Gasteiger partial charge in [0.2, 0.25) is 0 Å². The Balaban J connectivity index is 2.43. The van der Waals surface area contributed by atoms with Crippen molar-refractivity contribution in [3.63, 3.8) is 0 Å². The Morgan fingerprint density at radius 2 is 2.00 bits per heavy atom. The maximum Gasteiger partial charge on any atom is 0.127 e. The van der Waals surface area contributed by atoms with Crippen LogP contribution >= 0.6 is 0 Å². The largest absolute Gasteiger partial charge is 0.497 e. The van der Waals surface area contributed by atoms with Crippen LogP contribution in [0.3, 0.4) is 0 Å². The van der Waals surface area contributed by atoms with Crippen molar-refractivity contribution in [1.29, 1.82) is 0 Å². The van der Waals surface area contributed by atoms with Crippen molar-refractivity contribution in [3.05, 3.63) is 35.5 Å². The second-order valence-electron chi connectivity index (χ2n) is 4.44. The summed E-state index contributed by atoms with van der Waals surface area (Å²) >= 11 is 0. The number of hydrogen-bond donors (Lipinski definition) is 1. The standard InChI is InChI=1S/C14H19N3O2/c1-9-8-16-17(14(9)15)10(2)12-6-5-11(18-3)7-13(12)19-4/h5-8,10H,15H2,1-4H3. The van der Waals surface area contributed by atoms with E-state index in [4.69, 9.17) is 15.2 Å². The summed E-state index contributed by atoms with van der Waals surface area (Å²) in [7, 11) is 3.27. The zero-order valence-corrected chi connectivity index (χ0v) is 11.7. The van der Waals surface area contributed by atoms with E-state index in [0.717, 1.165) is 22.6 Å². The quantitative estimate of drug-likeness (QED) is 0.918. The molecular formula is C14H19N3O2. The van der Waals surface area contributed by atoms with E-state index >= 15 is 0 Å². The zero-order chi connectivity index (χ0) is 14.0. The number of nitrogens with two attached hydrogens (primary N) is 1. The highest BCUT2D eigenvalue weighted by atomic mass is 16.5. The Kier molecular flexibility index (Phi) is 3.64. The predicted molar refractivity (Wildman–Crippen MR) is 74.7 cm³/mol. The summed E-state index contributed by atoms with van der Waals surface area (Å²) in [5, 5.41) is 4.31. The highest BCUT2D eigenvalue weighted by Gasteiger charge is 2.17. The van der Waals surface area contributed by atoms with Gasteiger partial charge in [0.1, 0.15) is 17.3 Å². The molecule has 1 aromatic heterocycles. The molecule has 1 aromatic carbocycles. The number of nitrogen functional groups attached to an aromatic ring is 1. The van der Waals surface area contributed by atoms with Gasteiger partial charge in [0.05, 0.1) is 26.5 Å². The van der Waals surface area contributed by atoms with Gasteiger partial charge in [-0.05, 0) is 26.0 Å². The molecule has 0 amide bonds. The van der Waals surface area contributed by atoms with Crippen molar-refractivity contribution in [3.8, 4) is 11.5 Å². The molecule has 0 saturated heterocycles. The number of aryl methyl sites for hydroxylation is 1. The first-order valence-electron chi connectivity index (χ1n) is 6.10. The van der Waals surface area contributed by atoms with Crippen molar-refractivity contribution in [2.24, 2.45) is 0 Å². The van der Waals surface area contributed by atoms with Crippen molar-refractivity contribution in [2.75, 3.05) is 20.0 Å². The second kappa shape index (κ2) is 5.22. The molecule has 2 aromatic rings. The maximum absolute atomic E-state index is 6.02. The summed E-state index contributed by atoms with van der Waals surface area (Å²) in [6.45, 7) is 3.98. The molecule has 2 N–H and O–H groups in total. The highest BCUT2D eigenvalue weighted by Crippen LogP contribution is 2.32. The lowest BCUT2D eigenvalue weighted by Gasteiger charge is -2.18. The lowest BCUT2D eigenvalue weighted by Crippen LogP contribution is -2.12. The van der Waals surface area contributed by atoms with Gasteiger partial charge in [0.25, 0.3) is 0 Å². The highest BCUT2D eigenvalue weighted by molar-refractivity contribution is 5.45. The summed E-state index contributed by atoms with van der Waals surface area (Å²) < 4.78 is 12.4. The number of methoxy groups -OCH3 is 2. The number of aromatic nitrogens is 2. The number of hydrogen-bond acceptors (Lipinski definition) is 4. The molecule has 19 heavy (non-hydrogen) atoms. The molecule has 1 heterocycles. The van der Waals surface area contributed by atoms with Crippen molar-refractivity contribution in [1.82, 2.24) is 9.78 Å². The number of nitrogens with zero attached hydrogens (tertiary/aromatic N) is 2. The van der Waals surface area contributed by atoms with Crippen molar-refractivity contribution >= 4 is 5.82 Å². The normalized spacial score (nSPS) is 12.2. The first-order chi connectivity index (χ1) is 9.08. The van der Waals surface area contributed by atoms with Crippen LogP contribution in [-0.4, -0.2) is 24.0 Å². The van der Waals surface area contributed by atoms with Crippen molar-refractivity contribution < 1.29 is 9.47 Å². The molecule has 5 nitrogen and oxygen atoms in total. The molecule has 0 aliphatic heterocycles. The van der Waals surface area contributed by atoms with Gasteiger partial charge < -0.3 is 15.2 Å². The van der Waals surface area contributed by atoms with Crippen LogP contribution in [-0.2, 0) is 0 Å². The average Bonchev–Trinajstić information content (AvgIpc) is 2.77. The van der Waals surface area contributed by atoms with E-state index in [1.807, 2.05) is 32.0 Å². The number of anilines is 1. The average molecular weight is 261 g/mol. The van der Waals surface area contributed by atoms with Crippen LogP contribution in [0.15, 0.2) is 24.4 Å². The molecule has 2 rings (SSSR count).